The van der Waals surface area contributed by atoms with Crippen LogP contribution in [0.2, 0.25) is 0 Å². The van der Waals surface area contributed by atoms with Gasteiger partial charge in [0.05, 0.1) is 16.6 Å². The highest BCUT2D eigenvalue weighted by molar-refractivity contribution is 6.00. The van der Waals surface area contributed by atoms with E-state index in [9.17, 15) is 19.2 Å². The highest BCUT2D eigenvalue weighted by Gasteiger charge is 2.20. The smallest absolute Gasteiger partial charge is 0.338 e. The minimum Gasteiger partial charge on any atom is -0.449 e. The number of fused-ring (bicyclic) bond motifs is 1. The van der Waals surface area contributed by atoms with Crippen molar-refractivity contribution in [2.75, 3.05) is 5.32 Å². The number of amides is 1. The Bertz CT molecular complexity index is 1250. The topological polar surface area (TPSA) is 107 Å². The Morgan fingerprint density at radius 1 is 1.13 bits per heavy atom. The van der Waals surface area contributed by atoms with E-state index in [1.165, 1.54) is 26.0 Å². The maximum Gasteiger partial charge on any atom is 0.338 e. The SMILES string of the molecule is CCn1c(=O)c(C)nc2cc(C(=O)O[C@@H](C)C(=O)Nc3cccc(C(C)=O)c3)ccc21. The Morgan fingerprint density at radius 3 is 2.55 bits per heavy atom. The molecule has 0 spiro atoms. The fraction of sp³-hybridized carbons (Fsp3) is 0.261. The number of hydrogen-bond acceptors (Lipinski definition) is 6. The lowest BCUT2D eigenvalue weighted by Gasteiger charge is -2.14. The van der Waals surface area contributed by atoms with Gasteiger partial charge in [0, 0.05) is 17.8 Å². The zero-order chi connectivity index (χ0) is 22.7. The van der Waals surface area contributed by atoms with Crippen molar-refractivity contribution < 1.29 is 19.1 Å². The van der Waals surface area contributed by atoms with Crippen LogP contribution >= 0.6 is 0 Å². The van der Waals surface area contributed by atoms with Crippen LogP contribution in [-0.2, 0) is 16.1 Å². The van der Waals surface area contributed by atoms with Crippen LogP contribution in [0.15, 0.2) is 47.3 Å². The molecule has 3 rings (SSSR count). The molecule has 0 bridgehead atoms. The summed E-state index contributed by atoms with van der Waals surface area (Å²) >= 11 is 0. The normalized spacial score (nSPS) is 11.7. The van der Waals surface area contributed by atoms with Crippen LogP contribution in [0.5, 0.6) is 0 Å². The Hall–Kier alpha value is -3.81. The molecule has 0 aliphatic carbocycles. The molecule has 1 heterocycles. The van der Waals surface area contributed by atoms with Crippen molar-refractivity contribution in [1.29, 1.82) is 0 Å². The van der Waals surface area contributed by atoms with Gasteiger partial charge in [0.2, 0.25) is 0 Å². The van der Waals surface area contributed by atoms with Crippen LogP contribution < -0.4 is 10.9 Å². The van der Waals surface area contributed by atoms with Crippen LogP contribution in [0.1, 0.15) is 47.2 Å². The van der Waals surface area contributed by atoms with E-state index in [1.54, 1.807) is 41.8 Å². The van der Waals surface area contributed by atoms with Gasteiger partial charge < -0.3 is 14.6 Å². The monoisotopic (exact) mass is 421 g/mol. The summed E-state index contributed by atoms with van der Waals surface area (Å²) in [5.41, 5.74) is 2.39. The minimum absolute atomic E-state index is 0.121. The van der Waals surface area contributed by atoms with E-state index in [4.69, 9.17) is 4.74 Å². The van der Waals surface area contributed by atoms with Gasteiger partial charge in [0.1, 0.15) is 5.69 Å². The molecule has 1 amide bonds. The number of ketones is 1. The van der Waals surface area contributed by atoms with Crippen molar-refractivity contribution in [3.8, 4) is 0 Å². The fourth-order valence-corrected chi connectivity index (χ4v) is 3.16. The number of aryl methyl sites for hydroxylation is 2. The highest BCUT2D eigenvalue weighted by atomic mass is 16.5. The average Bonchev–Trinajstić information content (AvgIpc) is 2.74. The summed E-state index contributed by atoms with van der Waals surface area (Å²) in [5, 5.41) is 2.63. The second kappa shape index (κ2) is 8.91. The second-order valence-corrected chi connectivity index (χ2v) is 7.12. The summed E-state index contributed by atoms with van der Waals surface area (Å²) in [6.07, 6.45) is -1.07. The number of aromatic nitrogens is 2. The summed E-state index contributed by atoms with van der Waals surface area (Å²) in [7, 11) is 0. The summed E-state index contributed by atoms with van der Waals surface area (Å²) in [6, 6.07) is 11.2. The minimum atomic E-state index is -1.07. The molecule has 1 aromatic heterocycles. The van der Waals surface area contributed by atoms with Crippen molar-refractivity contribution in [3.63, 3.8) is 0 Å². The van der Waals surface area contributed by atoms with Crippen LogP contribution in [0.4, 0.5) is 5.69 Å². The lowest BCUT2D eigenvalue weighted by Crippen LogP contribution is -2.30. The third kappa shape index (κ3) is 4.69. The molecule has 0 fully saturated rings. The van der Waals surface area contributed by atoms with Gasteiger partial charge in [0.15, 0.2) is 11.9 Å². The maximum absolute atomic E-state index is 12.6. The van der Waals surface area contributed by atoms with Crippen LogP contribution in [0.3, 0.4) is 0 Å². The molecule has 1 N–H and O–H groups in total. The molecule has 0 aliphatic rings. The summed E-state index contributed by atoms with van der Waals surface area (Å²) in [5.74, 6) is -1.33. The zero-order valence-corrected chi connectivity index (χ0v) is 17.8. The largest absolute Gasteiger partial charge is 0.449 e. The van der Waals surface area contributed by atoms with Gasteiger partial charge in [-0.25, -0.2) is 9.78 Å². The molecule has 3 aromatic rings. The number of Topliss-reactive ketones (excluding diaryl/α,β-unsaturated/α-hetero) is 1. The second-order valence-electron chi connectivity index (χ2n) is 7.12. The zero-order valence-electron chi connectivity index (χ0n) is 17.8. The van der Waals surface area contributed by atoms with Crippen molar-refractivity contribution in [2.24, 2.45) is 0 Å². The van der Waals surface area contributed by atoms with Gasteiger partial charge in [-0.3, -0.25) is 14.4 Å². The van der Waals surface area contributed by atoms with E-state index in [0.29, 0.717) is 34.5 Å². The van der Waals surface area contributed by atoms with Gasteiger partial charge in [0.25, 0.3) is 11.5 Å². The Balaban J connectivity index is 1.76. The van der Waals surface area contributed by atoms with Gasteiger partial charge in [-0.2, -0.15) is 0 Å². The van der Waals surface area contributed by atoms with Crippen molar-refractivity contribution in [2.45, 2.75) is 40.3 Å². The highest BCUT2D eigenvalue weighted by Crippen LogP contribution is 2.16. The first-order chi connectivity index (χ1) is 14.7. The predicted octanol–water partition coefficient (Wildman–Crippen LogP) is 3.11. The summed E-state index contributed by atoms with van der Waals surface area (Å²) in [4.78, 5) is 52.9. The van der Waals surface area contributed by atoms with E-state index >= 15 is 0 Å². The number of anilines is 1. The molecule has 0 unspecified atom stereocenters. The summed E-state index contributed by atoms with van der Waals surface area (Å²) < 4.78 is 6.87. The number of rotatable bonds is 6. The quantitative estimate of drug-likeness (QED) is 0.484. The van der Waals surface area contributed by atoms with Gasteiger partial charge in [-0.05, 0) is 58.0 Å². The van der Waals surface area contributed by atoms with Crippen LogP contribution in [0, 0.1) is 6.92 Å². The molecular weight excluding hydrogens is 398 g/mol. The first kappa shape index (κ1) is 21.9. The first-order valence-electron chi connectivity index (χ1n) is 9.85. The molecule has 8 nitrogen and oxygen atoms in total. The standard InChI is InChI=1S/C23H23N3O5/c1-5-26-20-10-9-17(12-19(20)24-13(2)22(26)29)23(30)31-15(4)21(28)25-18-8-6-7-16(11-18)14(3)27/h6-12,15H,5H2,1-4H3,(H,25,28)/t15-/m0/s1. The Labute approximate surface area is 178 Å². The Morgan fingerprint density at radius 2 is 1.87 bits per heavy atom. The summed E-state index contributed by atoms with van der Waals surface area (Å²) in [6.45, 7) is 6.84. The van der Waals surface area contributed by atoms with E-state index < -0.39 is 18.0 Å². The van der Waals surface area contributed by atoms with Gasteiger partial charge in [-0.1, -0.05) is 12.1 Å². The number of carbonyl (C=O) groups excluding carboxylic acids is 3. The molecule has 160 valence electrons. The van der Waals surface area contributed by atoms with Crippen molar-refractivity contribution in [3.05, 3.63) is 69.6 Å². The average molecular weight is 421 g/mol. The number of carbonyl (C=O) groups is 3. The van der Waals surface area contributed by atoms with Crippen LogP contribution in [-0.4, -0.2) is 33.3 Å². The maximum atomic E-state index is 12.6. The third-order valence-corrected chi connectivity index (χ3v) is 4.85. The van der Waals surface area contributed by atoms with E-state index in [0.717, 1.165) is 0 Å². The van der Waals surface area contributed by atoms with E-state index in [-0.39, 0.29) is 16.9 Å². The number of hydrogen-bond donors (Lipinski definition) is 1. The van der Waals surface area contributed by atoms with E-state index in [2.05, 4.69) is 10.3 Å². The molecule has 0 saturated heterocycles. The number of nitrogens with one attached hydrogen (secondary N) is 1. The molecule has 1 atom stereocenters. The number of esters is 1. The number of benzene rings is 2. The molecule has 2 aromatic carbocycles. The van der Waals surface area contributed by atoms with Crippen molar-refractivity contribution in [1.82, 2.24) is 9.55 Å². The predicted molar refractivity (Wildman–Crippen MR) is 116 cm³/mol. The number of ether oxygens (including phenoxy) is 1. The first-order valence-corrected chi connectivity index (χ1v) is 9.85. The number of nitrogens with zero attached hydrogens (tertiary/aromatic N) is 2. The Kier molecular flexibility index (Phi) is 6.29. The molecule has 0 saturated carbocycles. The van der Waals surface area contributed by atoms with E-state index in [1.807, 2.05) is 6.92 Å². The van der Waals surface area contributed by atoms with Crippen LogP contribution in [0.25, 0.3) is 11.0 Å². The molecule has 0 radical (unpaired) electrons. The third-order valence-electron chi connectivity index (χ3n) is 4.85. The molecule has 31 heavy (non-hydrogen) atoms. The van der Waals surface area contributed by atoms with Gasteiger partial charge >= 0.3 is 5.97 Å². The fourth-order valence-electron chi connectivity index (χ4n) is 3.16. The molecule has 0 aliphatic heterocycles. The lowest BCUT2D eigenvalue weighted by atomic mass is 10.1. The van der Waals surface area contributed by atoms with Gasteiger partial charge in [-0.15, -0.1) is 0 Å². The molecular formula is C23H23N3O5. The van der Waals surface area contributed by atoms with Crippen molar-refractivity contribution >= 4 is 34.4 Å². The molecule has 8 heteroatoms. The lowest BCUT2D eigenvalue weighted by molar-refractivity contribution is -0.123.